The summed E-state index contributed by atoms with van der Waals surface area (Å²) in [6.07, 6.45) is 1.41. The van der Waals surface area contributed by atoms with E-state index < -0.39 is 6.03 Å². The number of primary amides is 1. The van der Waals surface area contributed by atoms with Crippen LogP contribution in [0.2, 0.25) is 0 Å². The smallest absolute Gasteiger partial charge is 0.334 e. The number of carbonyl (C=O) groups is 1. The van der Waals surface area contributed by atoms with Crippen LogP contribution in [0.4, 0.5) is 4.79 Å². The normalized spacial score (nSPS) is 10.4. The Morgan fingerprint density at radius 2 is 2.31 bits per heavy atom. The van der Waals surface area contributed by atoms with E-state index >= 15 is 0 Å². The maximum Gasteiger partial charge on any atom is 0.334 e. The maximum atomic E-state index is 10.7. The van der Waals surface area contributed by atoms with Crippen molar-refractivity contribution in [2.24, 2.45) is 10.8 Å². The van der Waals surface area contributed by atoms with Gasteiger partial charge in [-0.15, -0.1) is 0 Å². The van der Waals surface area contributed by atoms with E-state index in [9.17, 15) is 9.90 Å². The van der Waals surface area contributed by atoms with Crippen molar-refractivity contribution in [2.75, 3.05) is 14.2 Å². The van der Waals surface area contributed by atoms with Gasteiger partial charge in [0.25, 0.3) is 0 Å². The Kier molecular flexibility index (Phi) is 3.71. The van der Waals surface area contributed by atoms with E-state index in [2.05, 4.69) is 5.10 Å². The van der Waals surface area contributed by atoms with Crippen LogP contribution in [0.15, 0.2) is 23.3 Å². The number of phenolic OH excluding ortho intramolecular Hbond substituents is 1. The third-order valence-electron chi connectivity index (χ3n) is 1.90. The summed E-state index contributed by atoms with van der Waals surface area (Å²) < 4.78 is 4.88. The van der Waals surface area contributed by atoms with Gasteiger partial charge >= 0.3 is 6.03 Å². The first kappa shape index (κ1) is 11.8. The highest BCUT2D eigenvalue weighted by atomic mass is 16.5. The second-order valence-electron chi connectivity index (χ2n) is 3.04. The number of aromatic hydroxyl groups is 1. The predicted octanol–water partition coefficient (Wildman–Crippen LogP) is 0.745. The van der Waals surface area contributed by atoms with E-state index in [1.165, 1.54) is 26.4 Å². The standard InChI is InChI=1S/C10H13N3O3/c1-13(10(11)15)12-6-7-3-4-9(16-2)8(14)5-7/h3-6,14H,1-2H3,(H2,11,15). The molecular formula is C10H13N3O3. The first-order chi connectivity index (χ1) is 7.54. The number of nitrogens with zero attached hydrogens (tertiary/aromatic N) is 2. The van der Waals surface area contributed by atoms with Crippen LogP contribution in [0.1, 0.15) is 5.56 Å². The molecule has 6 nitrogen and oxygen atoms in total. The molecule has 0 unspecified atom stereocenters. The van der Waals surface area contributed by atoms with Gasteiger partial charge in [-0.25, -0.2) is 9.80 Å². The molecule has 6 heteroatoms. The molecule has 0 bridgehead atoms. The molecule has 0 atom stereocenters. The van der Waals surface area contributed by atoms with Gasteiger partial charge in [0.05, 0.1) is 13.3 Å². The van der Waals surface area contributed by atoms with Crippen molar-refractivity contribution in [3.05, 3.63) is 23.8 Å². The van der Waals surface area contributed by atoms with Crippen molar-refractivity contribution in [1.29, 1.82) is 0 Å². The summed E-state index contributed by atoms with van der Waals surface area (Å²) in [5.74, 6) is 0.383. The van der Waals surface area contributed by atoms with Gasteiger partial charge in [0.15, 0.2) is 11.5 Å². The van der Waals surface area contributed by atoms with Crippen molar-refractivity contribution < 1.29 is 14.6 Å². The molecule has 0 saturated carbocycles. The van der Waals surface area contributed by atoms with Crippen molar-refractivity contribution >= 4 is 12.2 Å². The van der Waals surface area contributed by atoms with Crippen molar-refractivity contribution in [2.45, 2.75) is 0 Å². The average Bonchev–Trinajstić information content (AvgIpc) is 2.25. The molecule has 86 valence electrons. The van der Waals surface area contributed by atoms with Crippen molar-refractivity contribution in [3.8, 4) is 11.5 Å². The molecule has 2 amide bonds. The van der Waals surface area contributed by atoms with Crippen LogP contribution in [0.3, 0.4) is 0 Å². The Hall–Kier alpha value is -2.24. The largest absolute Gasteiger partial charge is 0.504 e. The maximum absolute atomic E-state index is 10.7. The van der Waals surface area contributed by atoms with Crippen LogP contribution in [-0.2, 0) is 0 Å². The molecule has 0 aliphatic heterocycles. The number of ether oxygens (including phenoxy) is 1. The number of hydrogen-bond donors (Lipinski definition) is 2. The summed E-state index contributed by atoms with van der Waals surface area (Å²) in [6, 6.07) is 4.10. The summed E-state index contributed by atoms with van der Waals surface area (Å²) in [6.45, 7) is 0. The number of carbonyl (C=O) groups excluding carboxylic acids is 1. The second kappa shape index (κ2) is 5.01. The predicted molar refractivity (Wildman–Crippen MR) is 59.6 cm³/mol. The molecule has 0 heterocycles. The van der Waals surface area contributed by atoms with Crippen molar-refractivity contribution in [1.82, 2.24) is 5.01 Å². The topological polar surface area (TPSA) is 88.1 Å². The summed E-state index contributed by atoms with van der Waals surface area (Å²) in [7, 11) is 2.89. The molecule has 1 aromatic carbocycles. The summed E-state index contributed by atoms with van der Waals surface area (Å²) >= 11 is 0. The van der Waals surface area contributed by atoms with Crippen LogP contribution >= 0.6 is 0 Å². The number of amides is 2. The first-order valence-electron chi connectivity index (χ1n) is 4.48. The number of nitrogens with two attached hydrogens (primary N) is 1. The van der Waals surface area contributed by atoms with Crippen LogP contribution in [-0.4, -0.2) is 36.5 Å². The Morgan fingerprint density at radius 1 is 1.62 bits per heavy atom. The molecule has 1 aromatic rings. The molecule has 3 N–H and O–H groups in total. The lowest BCUT2D eigenvalue weighted by atomic mass is 10.2. The number of phenols is 1. The fourth-order valence-electron chi connectivity index (χ4n) is 0.997. The lowest BCUT2D eigenvalue weighted by Gasteiger charge is -2.06. The summed E-state index contributed by atoms with van der Waals surface area (Å²) in [4.78, 5) is 10.7. The molecule has 0 aromatic heterocycles. The number of urea groups is 1. The molecule has 0 radical (unpaired) electrons. The van der Waals surface area contributed by atoms with Gasteiger partial charge in [0.2, 0.25) is 0 Å². The number of rotatable bonds is 3. The molecule has 0 fully saturated rings. The summed E-state index contributed by atoms with van der Waals surface area (Å²) in [5, 5.41) is 14.2. The lowest BCUT2D eigenvalue weighted by Crippen LogP contribution is -2.27. The second-order valence-corrected chi connectivity index (χ2v) is 3.04. The number of hydrazone groups is 1. The lowest BCUT2D eigenvalue weighted by molar-refractivity contribution is 0.220. The van der Waals surface area contributed by atoms with Gasteiger partial charge in [-0.3, -0.25) is 0 Å². The van der Waals surface area contributed by atoms with Gasteiger partial charge in [0, 0.05) is 7.05 Å². The Morgan fingerprint density at radius 3 is 2.81 bits per heavy atom. The molecule has 1 rings (SSSR count). The van der Waals surface area contributed by atoms with Gasteiger partial charge in [0.1, 0.15) is 0 Å². The Labute approximate surface area is 92.9 Å². The quantitative estimate of drug-likeness (QED) is 0.585. The van der Waals surface area contributed by atoms with Gasteiger partial charge in [-0.2, -0.15) is 5.10 Å². The zero-order valence-electron chi connectivity index (χ0n) is 9.04. The van der Waals surface area contributed by atoms with Crippen LogP contribution in [0.25, 0.3) is 0 Å². The molecule has 0 aliphatic carbocycles. The Balaban J connectivity index is 2.83. The van der Waals surface area contributed by atoms with Crippen LogP contribution < -0.4 is 10.5 Å². The van der Waals surface area contributed by atoms with E-state index in [0.717, 1.165) is 5.01 Å². The van der Waals surface area contributed by atoms with E-state index in [1.807, 2.05) is 0 Å². The van der Waals surface area contributed by atoms with Crippen LogP contribution in [0, 0.1) is 0 Å². The van der Waals surface area contributed by atoms with E-state index in [1.54, 1.807) is 12.1 Å². The van der Waals surface area contributed by atoms with E-state index in [4.69, 9.17) is 10.5 Å². The molecule has 0 saturated heterocycles. The minimum Gasteiger partial charge on any atom is -0.504 e. The van der Waals surface area contributed by atoms with Gasteiger partial charge in [-0.05, 0) is 23.8 Å². The summed E-state index contributed by atoms with van der Waals surface area (Å²) in [5.41, 5.74) is 5.61. The molecule has 0 aliphatic rings. The zero-order valence-corrected chi connectivity index (χ0v) is 9.04. The first-order valence-corrected chi connectivity index (χ1v) is 4.48. The third-order valence-corrected chi connectivity index (χ3v) is 1.90. The average molecular weight is 223 g/mol. The highest BCUT2D eigenvalue weighted by molar-refractivity contribution is 5.82. The molecule has 16 heavy (non-hydrogen) atoms. The van der Waals surface area contributed by atoms with Gasteiger partial charge < -0.3 is 15.6 Å². The number of methoxy groups -OCH3 is 1. The molecular weight excluding hydrogens is 210 g/mol. The minimum absolute atomic E-state index is 0.00757. The van der Waals surface area contributed by atoms with E-state index in [0.29, 0.717) is 11.3 Å². The van der Waals surface area contributed by atoms with Crippen LogP contribution in [0.5, 0.6) is 11.5 Å². The highest BCUT2D eigenvalue weighted by Gasteiger charge is 2.02. The highest BCUT2D eigenvalue weighted by Crippen LogP contribution is 2.25. The fraction of sp³-hybridized carbons (Fsp3) is 0.200. The SMILES string of the molecule is COc1ccc(C=NN(C)C(N)=O)cc1O. The Bertz CT molecular complexity index is 418. The monoisotopic (exact) mass is 223 g/mol. The minimum atomic E-state index is -0.658. The van der Waals surface area contributed by atoms with E-state index in [-0.39, 0.29) is 5.75 Å². The van der Waals surface area contributed by atoms with Gasteiger partial charge in [-0.1, -0.05) is 0 Å². The number of benzene rings is 1. The number of hydrogen-bond acceptors (Lipinski definition) is 4. The fourth-order valence-corrected chi connectivity index (χ4v) is 0.997. The molecule has 0 spiro atoms. The van der Waals surface area contributed by atoms with Crippen molar-refractivity contribution in [3.63, 3.8) is 0 Å². The third kappa shape index (κ3) is 2.88. The zero-order chi connectivity index (χ0) is 12.1.